The fourth-order valence-corrected chi connectivity index (χ4v) is 4.10. The fourth-order valence-electron chi connectivity index (χ4n) is 2.21. The van der Waals surface area contributed by atoms with Gasteiger partial charge in [0.15, 0.2) is 0 Å². The van der Waals surface area contributed by atoms with E-state index in [1.165, 1.54) is 0 Å². The van der Waals surface area contributed by atoms with Crippen LogP contribution in [0.1, 0.15) is 11.6 Å². The highest BCUT2D eigenvalue weighted by atomic mass is 127. The van der Waals surface area contributed by atoms with Gasteiger partial charge in [0.05, 0.1) is 9.61 Å². The number of hydrogen-bond acceptors (Lipinski definition) is 3. The molecule has 19 heavy (non-hydrogen) atoms. The van der Waals surface area contributed by atoms with E-state index < -0.39 is 6.67 Å². The van der Waals surface area contributed by atoms with Crippen LogP contribution in [-0.4, -0.2) is 42.9 Å². The number of nitrogens with one attached hydrogen (secondary N) is 1. The lowest BCUT2D eigenvalue weighted by molar-refractivity contribution is 0.145. The van der Waals surface area contributed by atoms with Gasteiger partial charge in [0.2, 0.25) is 0 Å². The second-order valence-corrected chi connectivity index (χ2v) is 6.69. The molecule has 0 spiro atoms. The van der Waals surface area contributed by atoms with Gasteiger partial charge in [-0.3, -0.25) is 4.90 Å². The third-order valence-corrected chi connectivity index (χ3v) is 4.60. The Morgan fingerprint density at radius 1 is 1.32 bits per heavy atom. The molecule has 1 aromatic rings. The molecule has 1 fully saturated rings. The molecule has 2 rings (SSSR count). The first kappa shape index (κ1) is 17.7. The molecule has 0 aliphatic carbocycles. The van der Waals surface area contributed by atoms with Crippen LogP contribution >= 0.6 is 57.6 Å². The van der Waals surface area contributed by atoms with Crippen molar-refractivity contribution in [2.24, 2.45) is 0 Å². The predicted octanol–water partition coefficient (Wildman–Crippen LogP) is 2.94. The largest absolute Gasteiger partial charge is 0.506 e. The van der Waals surface area contributed by atoms with E-state index in [0.717, 1.165) is 33.3 Å². The second kappa shape index (κ2) is 8.16. The molecule has 7 heteroatoms. The number of rotatable bonds is 3. The SMILES string of the molecule is Cl.Oc1c(I)cc(I)cc1[C@@H](CF)N1CCNCC1. The van der Waals surface area contributed by atoms with Crippen molar-refractivity contribution < 1.29 is 9.50 Å². The summed E-state index contributed by atoms with van der Waals surface area (Å²) in [5.41, 5.74) is 0.704. The molecule has 0 unspecified atom stereocenters. The number of halogens is 4. The number of aromatic hydroxyl groups is 1. The van der Waals surface area contributed by atoms with Gasteiger partial charge in [-0.1, -0.05) is 0 Å². The Labute approximate surface area is 146 Å². The Bertz CT molecular complexity index is 430. The lowest BCUT2D eigenvalue weighted by atomic mass is 10.0. The first-order valence-electron chi connectivity index (χ1n) is 5.82. The van der Waals surface area contributed by atoms with Gasteiger partial charge in [-0.15, -0.1) is 12.4 Å². The minimum atomic E-state index is -0.469. The van der Waals surface area contributed by atoms with E-state index in [0.29, 0.717) is 5.56 Å². The van der Waals surface area contributed by atoms with E-state index in [9.17, 15) is 9.50 Å². The summed E-state index contributed by atoms with van der Waals surface area (Å²) in [6, 6.07) is 3.44. The van der Waals surface area contributed by atoms with Crippen LogP contribution in [0.2, 0.25) is 0 Å². The normalized spacial score (nSPS) is 17.8. The number of phenols is 1. The maximum absolute atomic E-state index is 13.4. The molecule has 0 bridgehead atoms. The third kappa shape index (κ3) is 4.29. The van der Waals surface area contributed by atoms with Crippen molar-refractivity contribution in [3.05, 3.63) is 24.8 Å². The minimum absolute atomic E-state index is 0. The van der Waals surface area contributed by atoms with E-state index in [-0.39, 0.29) is 24.2 Å². The number of benzene rings is 1. The van der Waals surface area contributed by atoms with Crippen molar-refractivity contribution in [2.75, 3.05) is 32.9 Å². The standard InChI is InChI=1S/C12H15FI2N2O.ClH/c13-7-11(17-3-1-16-2-4-17)9-5-8(14)6-10(15)12(9)18;/h5-6,11,16,18H,1-4,7H2;1H/t11-;/m1./s1. The Morgan fingerprint density at radius 2 is 1.95 bits per heavy atom. The van der Waals surface area contributed by atoms with Crippen molar-refractivity contribution in [1.29, 1.82) is 0 Å². The average molecular weight is 513 g/mol. The van der Waals surface area contributed by atoms with Crippen LogP contribution in [0.4, 0.5) is 4.39 Å². The zero-order valence-corrected chi connectivity index (χ0v) is 15.3. The van der Waals surface area contributed by atoms with E-state index in [2.05, 4.69) is 55.4 Å². The summed E-state index contributed by atoms with van der Waals surface area (Å²) in [6.45, 7) is 2.91. The molecule has 1 aliphatic heterocycles. The zero-order valence-electron chi connectivity index (χ0n) is 10.2. The molecular weight excluding hydrogens is 496 g/mol. The molecule has 0 radical (unpaired) electrons. The summed E-state index contributed by atoms with van der Waals surface area (Å²) in [7, 11) is 0. The Kier molecular flexibility index (Phi) is 7.59. The van der Waals surface area contributed by atoms with Crippen LogP contribution in [-0.2, 0) is 0 Å². The fraction of sp³-hybridized carbons (Fsp3) is 0.500. The zero-order chi connectivity index (χ0) is 13.1. The Morgan fingerprint density at radius 3 is 2.53 bits per heavy atom. The average Bonchev–Trinajstić information content (AvgIpc) is 2.37. The molecule has 1 heterocycles. The van der Waals surface area contributed by atoms with Crippen molar-refractivity contribution in [1.82, 2.24) is 10.2 Å². The van der Waals surface area contributed by atoms with Crippen LogP contribution in [0.5, 0.6) is 5.75 Å². The summed E-state index contributed by atoms with van der Waals surface area (Å²) in [5.74, 6) is 0.220. The lowest BCUT2D eigenvalue weighted by Gasteiger charge is -2.34. The van der Waals surface area contributed by atoms with E-state index in [1.807, 2.05) is 12.1 Å². The van der Waals surface area contributed by atoms with Gasteiger partial charge in [-0.05, 0) is 57.3 Å². The second-order valence-electron chi connectivity index (χ2n) is 4.28. The maximum atomic E-state index is 13.4. The molecule has 0 amide bonds. The Balaban J connectivity index is 0.00000180. The molecule has 1 saturated heterocycles. The summed E-state index contributed by atoms with van der Waals surface area (Å²) < 4.78 is 15.2. The quantitative estimate of drug-likeness (QED) is 0.612. The van der Waals surface area contributed by atoms with Gasteiger partial charge in [-0.2, -0.15) is 0 Å². The lowest BCUT2D eigenvalue weighted by Crippen LogP contribution is -2.45. The number of alkyl halides is 1. The summed E-state index contributed by atoms with van der Waals surface area (Å²) in [4.78, 5) is 2.09. The van der Waals surface area contributed by atoms with Gasteiger partial charge in [0, 0.05) is 35.3 Å². The maximum Gasteiger partial charge on any atom is 0.133 e. The van der Waals surface area contributed by atoms with Crippen molar-refractivity contribution in [3.63, 3.8) is 0 Å². The van der Waals surface area contributed by atoms with Gasteiger partial charge >= 0.3 is 0 Å². The van der Waals surface area contributed by atoms with E-state index >= 15 is 0 Å². The van der Waals surface area contributed by atoms with Gasteiger partial charge in [0.25, 0.3) is 0 Å². The molecule has 1 aliphatic rings. The third-order valence-electron chi connectivity index (χ3n) is 3.16. The van der Waals surface area contributed by atoms with Crippen LogP contribution in [0.3, 0.4) is 0 Å². The summed E-state index contributed by atoms with van der Waals surface area (Å²) in [6.07, 6.45) is 0. The monoisotopic (exact) mass is 512 g/mol. The van der Waals surface area contributed by atoms with E-state index in [4.69, 9.17) is 0 Å². The highest BCUT2D eigenvalue weighted by Gasteiger charge is 2.25. The first-order valence-corrected chi connectivity index (χ1v) is 7.98. The van der Waals surface area contributed by atoms with Crippen LogP contribution < -0.4 is 5.32 Å². The summed E-state index contributed by atoms with van der Waals surface area (Å²) >= 11 is 4.29. The molecule has 108 valence electrons. The topological polar surface area (TPSA) is 35.5 Å². The molecular formula is C12H16ClFI2N2O. The highest BCUT2D eigenvalue weighted by molar-refractivity contribution is 14.1. The number of nitrogens with zero attached hydrogens (tertiary/aromatic N) is 1. The van der Waals surface area contributed by atoms with Gasteiger partial charge < -0.3 is 10.4 Å². The first-order chi connectivity index (χ1) is 8.63. The van der Waals surface area contributed by atoms with Gasteiger partial charge in [0.1, 0.15) is 12.4 Å². The number of hydrogen-bond donors (Lipinski definition) is 2. The molecule has 0 aromatic heterocycles. The molecule has 0 saturated carbocycles. The number of piperazine rings is 1. The van der Waals surface area contributed by atoms with Crippen molar-refractivity contribution in [3.8, 4) is 5.75 Å². The van der Waals surface area contributed by atoms with Crippen molar-refractivity contribution >= 4 is 57.6 Å². The van der Waals surface area contributed by atoms with E-state index in [1.54, 1.807) is 0 Å². The minimum Gasteiger partial charge on any atom is -0.506 e. The number of phenolic OH excluding ortho intramolecular Hbond substituents is 1. The highest BCUT2D eigenvalue weighted by Crippen LogP contribution is 2.34. The molecule has 3 nitrogen and oxygen atoms in total. The van der Waals surface area contributed by atoms with Gasteiger partial charge in [-0.25, -0.2) is 4.39 Å². The smallest absolute Gasteiger partial charge is 0.133 e. The molecule has 1 atom stereocenters. The summed E-state index contributed by atoms with van der Waals surface area (Å²) in [5, 5.41) is 13.4. The van der Waals surface area contributed by atoms with Crippen LogP contribution in [0, 0.1) is 7.14 Å². The predicted molar refractivity (Wildman–Crippen MR) is 93.9 cm³/mol. The van der Waals surface area contributed by atoms with Crippen LogP contribution in [0.15, 0.2) is 12.1 Å². The Hall–Kier alpha value is 0.620. The van der Waals surface area contributed by atoms with Crippen molar-refractivity contribution in [2.45, 2.75) is 6.04 Å². The molecule has 2 N–H and O–H groups in total. The molecule has 1 aromatic carbocycles. The van der Waals surface area contributed by atoms with Crippen LogP contribution in [0.25, 0.3) is 0 Å².